The first-order chi connectivity index (χ1) is 6.75. The van der Waals surface area contributed by atoms with Gasteiger partial charge in [0.25, 0.3) is 0 Å². The Morgan fingerprint density at radius 1 is 1.64 bits per heavy atom. The first-order valence-corrected chi connectivity index (χ1v) is 4.85. The van der Waals surface area contributed by atoms with E-state index >= 15 is 0 Å². The Hall–Kier alpha value is -1.69. The molecule has 0 aliphatic heterocycles. The second-order valence-corrected chi connectivity index (χ2v) is 3.39. The van der Waals surface area contributed by atoms with Crippen LogP contribution in [0.2, 0.25) is 0 Å². The third-order valence-corrected chi connectivity index (χ3v) is 2.20. The number of hydrogen-bond acceptors (Lipinski definition) is 4. The van der Waals surface area contributed by atoms with Gasteiger partial charge in [0.1, 0.15) is 0 Å². The van der Waals surface area contributed by atoms with Crippen molar-refractivity contribution in [3.8, 4) is 5.82 Å². The number of carboxylic acid groups (broad SMARTS) is 1. The summed E-state index contributed by atoms with van der Waals surface area (Å²) in [4.78, 5) is 14.5. The lowest BCUT2D eigenvalue weighted by atomic mass is 10.3. The normalized spacial score (nSPS) is 10.3. The van der Waals surface area contributed by atoms with Gasteiger partial charge in [-0.1, -0.05) is 0 Å². The van der Waals surface area contributed by atoms with E-state index in [1.807, 2.05) is 5.38 Å². The fraction of sp³-hybridized carbons (Fsp3) is 0.125. The van der Waals surface area contributed by atoms with Crippen LogP contribution in [-0.2, 0) is 11.2 Å². The molecule has 0 aromatic carbocycles. The summed E-state index contributed by atoms with van der Waals surface area (Å²) in [6.45, 7) is 0. The highest BCUT2D eigenvalue weighted by molar-refractivity contribution is 7.07. The molecular weight excluding hydrogens is 202 g/mol. The van der Waals surface area contributed by atoms with Gasteiger partial charge < -0.3 is 5.11 Å². The molecule has 0 spiro atoms. The summed E-state index contributed by atoms with van der Waals surface area (Å²) in [5.41, 5.74) is 2.24. The fourth-order valence-corrected chi connectivity index (χ4v) is 1.58. The van der Waals surface area contributed by atoms with E-state index in [-0.39, 0.29) is 6.42 Å². The number of carbonyl (C=O) groups is 1. The van der Waals surface area contributed by atoms with Crippen molar-refractivity contribution >= 4 is 17.3 Å². The number of aliphatic carboxylic acids is 1. The summed E-state index contributed by atoms with van der Waals surface area (Å²) in [5.74, 6) is -0.167. The van der Waals surface area contributed by atoms with Gasteiger partial charge in [0.2, 0.25) is 0 Å². The van der Waals surface area contributed by atoms with Gasteiger partial charge in [-0.15, -0.1) is 11.3 Å². The van der Waals surface area contributed by atoms with Crippen LogP contribution in [0.1, 0.15) is 5.69 Å². The van der Waals surface area contributed by atoms with E-state index in [2.05, 4.69) is 10.1 Å². The fourth-order valence-electron chi connectivity index (χ4n) is 1.06. The van der Waals surface area contributed by atoms with Crippen molar-refractivity contribution in [2.24, 2.45) is 0 Å². The molecule has 14 heavy (non-hydrogen) atoms. The molecule has 5 nitrogen and oxygen atoms in total. The Bertz CT molecular complexity index is 435. The number of thiazole rings is 1. The molecule has 0 radical (unpaired) electrons. The van der Waals surface area contributed by atoms with E-state index in [1.54, 1.807) is 22.5 Å². The van der Waals surface area contributed by atoms with Crippen molar-refractivity contribution in [1.29, 1.82) is 0 Å². The SMILES string of the molecule is O=C(O)Cc1ccn(-c2cscn2)n1. The third kappa shape index (κ3) is 1.80. The second-order valence-electron chi connectivity index (χ2n) is 2.67. The molecule has 2 aromatic heterocycles. The van der Waals surface area contributed by atoms with Gasteiger partial charge in [0.15, 0.2) is 5.82 Å². The molecule has 0 atom stereocenters. The highest BCUT2D eigenvalue weighted by atomic mass is 32.1. The molecule has 0 unspecified atom stereocenters. The maximum absolute atomic E-state index is 10.4. The molecule has 2 aromatic rings. The molecule has 1 N–H and O–H groups in total. The molecule has 0 saturated carbocycles. The molecule has 2 rings (SSSR count). The smallest absolute Gasteiger partial charge is 0.309 e. The van der Waals surface area contributed by atoms with E-state index in [0.717, 1.165) is 0 Å². The molecule has 0 fully saturated rings. The van der Waals surface area contributed by atoms with Gasteiger partial charge in [-0.3, -0.25) is 4.79 Å². The molecule has 6 heteroatoms. The zero-order valence-electron chi connectivity index (χ0n) is 7.12. The molecule has 0 aliphatic carbocycles. The lowest BCUT2D eigenvalue weighted by Gasteiger charge is -1.93. The van der Waals surface area contributed by atoms with Crippen molar-refractivity contribution in [3.05, 3.63) is 28.8 Å². The molecule has 72 valence electrons. The largest absolute Gasteiger partial charge is 0.481 e. The van der Waals surface area contributed by atoms with E-state index in [1.165, 1.54) is 11.3 Å². The van der Waals surface area contributed by atoms with Crippen molar-refractivity contribution in [3.63, 3.8) is 0 Å². The van der Waals surface area contributed by atoms with Gasteiger partial charge in [-0.2, -0.15) is 5.10 Å². The van der Waals surface area contributed by atoms with Crippen molar-refractivity contribution in [2.45, 2.75) is 6.42 Å². The summed E-state index contributed by atoms with van der Waals surface area (Å²) in [6, 6.07) is 1.67. The lowest BCUT2D eigenvalue weighted by molar-refractivity contribution is -0.136. The lowest BCUT2D eigenvalue weighted by Crippen LogP contribution is -2.02. The average molecular weight is 209 g/mol. The summed E-state index contributed by atoms with van der Waals surface area (Å²) in [6.07, 6.45) is 1.64. The first kappa shape index (κ1) is 8.89. The Labute approximate surface area is 83.6 Å². The third-order valence-electron chi connectivity index (χ3n) is 1.63. The molecule has 2 heterocycles. The van der Waals surface area contributed by atoms with Crippen LogP contribution in [0.5, 0.6) is 0 Å². The molecule has 0 saturated heterocycles. The van der Waals surface area contributed by atoms with Gasteiger partial charge in [-0.05, 0) is 6.07 Å². The zero-order chi connectivity index (χ0) is 9.97. The maximum Gasteiger partial charge on any atom is 0.309 e. The minimum atomic E-state index is -0.881. The first-order valence-electron chi connectivity index (χ1n) is 3.90. The highest BCUT2D eigenvalue weighted by Gasteiger charge is 2.05. The number of rotatable bonds is 3. The van der Waals surface area contributed by atoms with Gasteiger partial charge in [0, 0.05) is 11.6 Å². The standard InChI is InChI=1S/C8H7N3O2S/c12-8(13)3-6-1-2-11(10-6)7-4-14-5-9-7/h1-2,4-5H,3H2,(H,12,13). The van der Waals surface area contributed by atoms with Crippen LogP contribution in [0.3, 0.4) is 0 Å². The van der Waals surface area contributed by atoms with E-state index in [0.29, 0.717) is 11.5 Å². The topological polar surface area (TPSA) is 68.0 Å². The van der Waals surface area contributed by atoms with Crippen LogP contribution in [0, 0.1) is 0 Å². The quantitative estimate of drug-likeness (QED) is 0.817. The predicted molar refractivity (Wildman–Crippen MR) is 50.6 cm³/mol. The average Bonchev–Trinajstić information content (AvgIpc) is 2.69. The minimum Gasteiger partial charge on any atom is -0.481 e. The molecule has 0 bridgehead atoms. The molecular formula is C8H7N3O2S. The minimum absolute atomic E-state index is 0.0584. The summed E-state index contributed by atoms with van der Waals surface area (Å²) >= 11 is 1.47. The summed E-state index contributed by atoms with van der Waals surface area (Å²) in [5, 5.41) is 14.5. The Balaban J connectivity index is 2.22. The number of nitrogens with zero attached hydrogens (tertiary/aromatic N) is 3. The van der Waals surface area contributed by atoms with Crippen LogP contribution in [0.15, 0.2) is 23.2 Å². The number of hydrogen-bond donors (Lipinski definition) is 1. The van der Waals surface area contributed by atoms with Crippen molar-refractivity contribution in [2.75, 3.05) is 0 Å². The zero-order valence-corrected chi connectivity index (χ0v) is 7.94. The van der Waals surface area contributed by atoms with Crippen molar-refractivity contribution in [1.82, 2.24) is 14.8 Å². The number of carboxylic acids is 1. The Morgan fingerprint density at radius 3 is 3.14 bits per heavy atom. The number of aromatic nitrogens is 3. The van der Waals surface area contributed by atoms with E-state index in [4.69, 9.17) is 5.11 Å². The Morgan fingerprint density at radius 2 is 2.50 bits per heavy atom. The summed E-state index contributed by atoms with van der Waals surface area (Å²) in [7, 11) is 0. The molecule has 0 aliphatic rings. The molecule has 0 amide bonds. The van der Waals surface area contributed by atoms with Gasteiger partial charge >= 0.3 is 5.97 Å². The van der Waals surface area contributed by atoms with Crippen LogP contribution in [0.25, 0.3) is 5.82 Å². The van der Waals surface area contributed by atoms with E-state index < -0.39 is 5.97 Å². The van der Waals surface area contributed by atoms with Crippen molar-refractivity contribution < 1.29 is 9.90 Å². The van der Waals surface area contributed by atoms with Crippen LogP contribution in [-0.4, -0.2) is 25.8 Å². The van der Waals surface area contributed by atoms with Crippen LogP contribution < -0.4 is 0 Å². The monoisotopic (exact) mass is 209 g/mol. The van der Waals surface area contributed by atoms with Gasteiger partial charge in [0.05, 0.1) is 17.6 Å². The summed E-state index contributed by atoms with van der Waals surface area (Å²) < 4.78 is 1.56. The Kier molecular flexibility index (Phi) is 2.28. The maximum atomic E-state index is 10.4. The highest BCUT2D eigenvalue weighted by Crippen LogP contribution is 2.07. The van der Waals surface area contributed by atoms with E-state index in [9.17, 15) is 4.79 Å². The predicted octanol–water partition coefficient (Wildman–Crippen LogP) is 0.956. The van der Waals surface area contributed by atoms with Gasteiger partial charge in [-0.25, -0.2) is 9.67 Å². The van der Waals surface area contributed by atoms with Crippen LogP contribution >= 0.6 is 11.3 Å². The van der Waals surface area contributed by atoms with Crippen LogP contribution in [0.4, 0.5) is 0 Å². The second kappa shape index (κ2) is 3.59.